The van der Waals surface area contributed by atoms with Gasteiger partial charge in [0.2, 0.25) is 5.91 Å². The molecule has 41 heavy (non-hydrogen) atoms. The second-order valence-corrected chi connectivity index (χ2v) is 10.5. The lowest BCUT2D eigenvalue weighted by atomic mass is 10.0. The number of likely N-dealkylation sites (tertiary alicyclic amines) is 1. The molecular weight excluding hydrogens is 558 g/mol. The average molecular weight is 588 g/mol. The van der Waals surface area contributed by atoms with E-state index in [0.29, 0.717) is 11.1 Å². The van der Waals surface area contributed by atoms with Gasteiger partial charge in [-0.25, -0.2) is 9.59 Å². The molecule has 0 radical (unpaired) electrons. The van der Waals surface area contributed by atoms with Crippen LogP contribution < -0.4 is 0 Å². The highest BCUT2D eigenvalue weighted by Crippen LogP contribution is 2.31. The van der Waals surface area contributed by atoms with Gasteiger partial charge in [0.25, 0.3) is 11.4 Å². The van der Waals surface area contributed by atoms with Crippen LogP contribution in [0.1, 0.15) is 18.1 Å². The first kappa shape index (κ1) is 29.6. The van der Waals surface area contributed by atoms with Crippen molar-refractivity contribution in [2.24, 2.45) is 5.92 Å². The van der Waals surface area contributed by atoms with Gasteiger partial charge in [0.15, 0.2) is 0 Å². The molecule has 0 bridgehead atoms. The third kappa shape index (κ3) is 7.03. The van der Waals surface area contributed by atoms with E-state index < -0.39 is 28.1 Å². The van der Waals surface area contributed by atoms with E-state index in [4.69, 9.17) is 9.47 Å². The molecule has 2 aliphatic heterocycles. The number of nitro benzene ring substituents is 2. The maximum Gasteiger partial charge on any atom is 0.410 e. The average Bonchev–Trinajstić information content (AvgIpc) is 3.28. The van der Waals surface area contributed by atoms with Gasteiger partial charge in [0.1, 0.15) is 19.3 Å². The maximum absolute atomic E-state index is 13.5. The normalized spacial score (nSPS) is 20.4. The van der Waals surface area contributed by atoms with Crippen LogP contribution >= 0.6 is 12.6 Å². The number of non-ortho nitro benzene ring substituents is 2. The fourth-order valence-electron chi connectivity index (χ4n) is 4.71. The first-order valence-corrected chi connectivity index (χ1v) is 13.4. The molecule has 2 saturated heterocycles. The summed E-state index contributed by atoms with van der Waals surface area (Å²) in [5, 5.41) is 21.4. The van der Waals surface area contributed by atoms with E-state index in [-0.39, 0.29) is 74.4 Å². The smallest absolute Gasteiger partial charge is 0.410 e. The van der Waals surface area contributed by atoms with Crippen molar-refractivity contribution < 1.29 is 33.7 Å². The number of nitrogens with zero attached hydrogens (tertiary/aromatic N) is 5. The Kier molecular flexibility index (Phi) is 9.27. The van der Waals surface area contributed by atoms with Crippen molar-refractivity contribution in [2.45, 2.75) is 31.4 Å². The van der Waals surface area contributed by atoms with Crippen molar-refractivity contribution in [1.29, 1.82) is 0 Å². The molecule has 0 aliphatic carbocycles. The molecule has 3 amide bonds. The van der Waals surface area contributed by atoms with E-state index in [1.165, 1.54) is 58.3 Å². The molecule has 218 valence electrons. The van der Waals surface area contributed by atoms with Gasteiger partial charge in [0, 0.05) is 62.2 Å². The molecule has 0 saturated carbocycles. The van der Waals surface area contributed by atoms with E-state index in [1.807, 2.05) is 6.92 Å². The molecule has 2 fully saturated rings. The second-order valence-electron chi connectivity index (χ2n) is 9.79. The summed E-state index contributed by atoms with van der Waals surface area (Å²) in [6, 6.07) is 10.6. The van der Waals surface area contributed by atoms with Crippen molar-refractivity contribution in [2.75, 3.05) is 32.7 Å². The van der Waals surface area contributed by atoms with Gasteiger partial charge in [-0.3, -0.25) is 29.9 Å². The second kappa shape index (κ2) is 12.8. The van der Waals surface area contributed by atoms with Crippen LogP contribution in [0, 0.1) is 26.1 Å². The van der Waals surface area contributed by atoms with E-state index in [9.17, 15) is 34.6 Å². The number of benzene rings is 2. The molecule has 14 nitrogen and oxygen atoms in total. The number of amides is 3. The molecule has 15 heteroatoms. The lowest BCUT2D eigenvalue weighted by Crippen LogP contribution is -2.56. The number of carbonyl (C=O) groups is 3. The van der Waals surface area contributed by atoms with Crippen LogP contribution in [0.15, 0.2) is 48.5 Å². The summed E-state index contributed by atoms with van der Waals surface area (Å²) in [6.07, 6.45) is -1.24. The Morgan fingerprint density at radius 2 is 1.24 bits per heavy atom. The van der Waals surface area contributed by atoms with Gasteiger partial charge in [-0.2, -0.15) is 12.6 Å². The zero-order valence-electron chi connectivity index (χ0n) is 22.2. The van der Waals surface area contributed by atoms with Gasteiger partial charge < -0.3 is 19.3 Å². The minimum absolute atomic E-state index is 0.0458. The Morgan fingerprint density at radius 1 is 0.805 bits per heavy atom. The number of thiol groups is 1. The van der Waals surface area contributed by atoms with Crippen molar-refractivity contribution >= 4 is 42.1 Å². The molecule has 2 heterocycles. The van der Waals surface area contributed by atoms with Crippen molar-refractivity contribution in [3.8, 4) is 0 Å². The number of hydrogen-bond donors (Lipinski definition) is 1. The quantitative estimate of drug-likeness (QED) is 0.291. The summed E-state index contributed by atoms with van der Waals surface area (Å²) in [4.78, 5) is 64.0. The van der Waals surface area contributed by atoms with Gasteiger partial charge in [-0.1, -0.05) is 6.92 Å². The van der Waals surface area contributed by atoms with Crippen molar-refractivity contribution in [1.82, 2.24) is 14.7 Å². The summed E-state index contributed by atoms with van der Waals surface area (Å²) in [5.41, 5.74) is 1.04. The van der Waals surface area contributed by atoms with Crippen LogP contribution in [0.2, 0.25) is 0 Å². The molecule has 2 aliphatic rings. The van der Waals surface area contributed by atoms with Crippen molar-refractivity contribution in [3.63, 3.8) is 0 Å². The predicted molar refractivity (Wildman–Crippen MR) is 147 cm³/mol. The van der Waals surface area contributed by atoms with Gasteiger partial charge in [-0.15, -0.1) is 0 Å². The summed E-state index contributed by atoms with van der Waals surface area (Å²) >= 11 is 4.55. The molecule has 2 aromatic rings. The van der Waals surface area contributed by atoms with E-state index >= 15 is 0 Å². The monoisotopic (exact) mass is 587 g/mol. The number of nitro groups is 2. The standard InChI is InChI=1S/C26H29N5O9S/c1-17-22(41)14-29(26(34)40-16-19-4-8-21(9-5-19)31(37)38)23(17)24(32)27-10-12-28(13-11-27)25(33)39-15-18-2-6-20(7-3-18)30(35)36/h2-9,17,22-23,41H,10-16H2,1H3/t17?,22-,23+/m1/s1. The topological polar surface area (TPSA) is 166 Å². The Labute approximate surface area is 240 Å². The summed E-state index contributed by atoms with van der Waals surface area (Å²) in [6.45, 7) is 2.87. The summed E-state index contributed by atoms with van der Waals surface area (Å²) in [5.74, 6) is -0.511. The molecular formula is C26H29N5O9S. The first-order chi connectivity index (χ1) is 19.5. The number of piperazine rings is 1. The molecule has 0 aromatic heterocycles. The highest BCUT2D eigenvalue weighted by molar-refractivity contribution is 7.81. The van der Waals surface area contributed by atoms with Gasteiger partial charge >= 0.3 is 12.2 Å². The van der Waals surface area contributed by atoms with E-state index in [2.05, 4.69) is 12.6 Å². The zero-order valence-corrected chi connectivity index (χ0v) is 23.1. The molecule has 0 spiro atoms. The molecule has 1 unspecified atom stereocenters. The number of carbonyl (C=O) groups excluding carboxylic acids is 3. The molecule has 3 atom stereocenters. The fraction of sp³-hybridized carbons (Fsp3) is 0.423. The van der Waals surface area contributed by atoms with E-state index in [1.54, 1.807) is 4.90 Å². The summed E-state index contributed by atoms with van der Waals surface area (Å²) in [7, 11) is 0. The van der Waals surface area contributed by atoms with Crippen LogP contribution in [0.3, 0.4) is 0 Å². The molecule has 4 rings (SSSR count). The van der Waals surface area contributed by atoms with Crippen LogP contribution in [-0.4, -0.2) is 86.7 Å². The minimum atomic E-state index is -0.789. The lowest BCUT2D eigenvalue weighted by Gasteiger charge is -2.37. The SMILES string of the molecule is CC1[C@H](S)CN(C(=O)OCc2ccc([N+](=O)[O-])cc2)[C@@H]1C(=O)N1CCN(C(=O)OCc2ccc([N+](=O)[O-])cc2)CC1. The third-order valence-corrected chi connectivity index (χ3v) is 7.81. The fourth-order valence-corrected chi connectivity index (χ4v) is 5.05. The largest absolute Gasteiger partial charge is 0.445 e. The molecule has 2 aromatic carbocycles. The Morgan fingerprint density at radius 3 is 1.71 bits per heavy atom. The Balaban J connectivity index is 1.29. The highest BCUT2D eigenvalue weighted by Gasteiger charge is 2.46. The van der Waals surface area contributed by atoms with Crippen LogP contribution in [0.4, 0.5) is 21.0 Å². The predicted octanol–water partition coefficient (Wildman–Crippen LogP) is 3.24. The van der Waals surface area contributed by atoms with Crippen LogP contribution in [0.25, 0.3) is 0 Å². The van der Waals surface area contributed by atoms with Gasteiger partial charge in [0.05, 0.1) is 9.85 Å². The van der Waals surface area contributed by atoms with Crippen LogP contribution in [-0.2, 0) is 27.5 Å². The molecule has 0 N–H and O–H groups in total. The van der Waals surface area contributed by atoms with Gasteiger partial charge in [-0.05, 0) is 41.3 Å². The maximum atomic E-state index is 13.5. The van der Waals surface area contributed by atoms with Crippen LogP contribution in [0.5, 0.6) is 0 Å². The van der Waals surface area contributed by atoms with E-state index in [0.717, 1.165) is 0 Å². The minimum Gasteiger partial charge on any atom is -0.445 e. The highest BCUT2D eigenvalue weighted by atomic mass is 32.1. The number of rotatable bonds is 7. The Hall–Kier alpha value is -4.40. The summed E-state index contributed by atoms with van der Waals surface area (Å²) < 4.78 is 10.7. The first-order valence-electron chi connectivity index (χ1n) is 12.8. The zero-order chi connectivity index (χ0) is 29.7. The van der Waals surface area contributed by atoms with Crippen molar-refractivity contribution in [3.05, 3.63) is 79.9 Å². The third-order valence-electron chi connectivity index (χ3n) is 7.18. The lowest BCUT2D eigenvalue weighted by molar-refractivity contribution is -0.385. The number of hydrogen-bond acceptors (Lipinski definition) is 10. The Bertz CT molecular complexity index is 1300. The number of ether oxygens (including phenoxy) is 2.